The maximum Gasteiger partial charge on any atom is 0.251 e. The number of rotatable bonds is 5. The van der Waals surface area contributed by atoms with Crippen LogP contribution in [0, 0.1) is 5.82 Å². The fraction of sp³-hybridized carbons (Fsp3) is 0.333. The number of nitrogens with zero attached hydrogens (tertiary/aromatic N) is 5. The lowest BCUT2D eigenvalue weighted by atomic mass is 10.1. The average molecular weight is 623 g/mol. The fourth-order valence-electron chi connectivity index (χ4n) is 5.52. The molecule has 4 aromatic rings. The second-order valence-electron chi connectivity index (χ2n) is 10.9. The molecule has 0 spiro atoms. The minimum Gasteiger partial charge on any atom is -0.489 e. The van der Waals surface area contributed by atoms with E-state index in [1.165, 1.54) is 0 Å². The van der Waals surface area contributed by atoms with Crippen LogP contribution in [0.2, 0.25) is 0 Å². The Balaban J connectivity index is 1.11. The first-order chi connectivity index (χ1) is 21.2. The van der Waals surface area contributed by atoms with Gasteiger partial charge in [0, 0.05) is 42.2 Å². The van der Waals surface area contributed by atoms with Gasteiger partial charge in [-0.2, -0.15) is 0 Å². The molecule has 44 heavy (non-hydrogen) atoms. The molecule has 0 radical (unpaired) electrons. The summed E-state index contributed by atoms with van der Waals surface area (Å²) in [5.74, 6) is -0.0544. The maximum atomic E-state index is 14.7. The number of amides is 1. The molecule has 0 bridgehead atoms. The Morgan fingerprint density at radius 2 is 1.91 bits per heavy atom. The van der Waals surface area contributed by atoms with E-state index in [0.29, 0.717) is 36.2 Å². The van der Waals surface area contributed by atoms with E-state index in [0.717, 1.165) is 47.7 Å². The molecule has 1 amide bonds. The van der Waals surface area contributed by atoms with E-state index >= 15 is 0 Å². The van der Waals surface area contributed by atoms with E-state index in [-0.39, 0.29) is 18.7 Å². The Morgan fingerprint density at radius 1 is 1.05 bits per heavy atom. The molecule has 7 rings (SSSR count). The number of pyridine rings is 3. The first-order valence-corrected chi connectivity index (χ1v) is 15.8. The van der Waals surface area contributed by atoms with Crippen LogP contribution in [-0.4, -0.2) is 67.1 Å². The zero-order valence-corrected chi connectivity index (χ0v) is 24.5. The van der Waals surface area contributed by atoms with Crippen molar-refractivity contribution in [3.63, 3.8) is 0 Å². The van der Waals surface area contributed by atoms with Crippen LogP contribution >= 0.6 is 0 Å². The van der Waals surface area contributed by atoms with Crippen LogP contribution in [0.5, 0.6) is 11.5 Å². The number of alkyl halides is 1. The molecule has 3 aliphatic heterocycles. The van der Waals surface area contributed by atoms with E-state index < -0.39 is 44.1 Å². The summed E-state index contributed by atoms with van der Waals surface area (Å²) in [6, 6.07) is 9.77. The standard InChI is InChI=1S/C30H28F2N6O5S/c1-17-4-6-37(17)28-13-24-23(16-34-28)38(7-9-42-24)27-3-2-18-14-33-20(12-22(18)36-27)15-35-30(39)19-10-21(31)29-25(11-19)44(40,41)26(32)5-8-43-29/h2-3,10-14,16-17,26H,4-9,15H2,1H3,(H,35,39)/t17-,26-/m1/s1. The number of sulfone groups is 1. The van der Waals surface area contributed by atoms with Crippen molar-refractivity contribution in [2.45, 2.75) is 42.8 Å². The molecule has 3 aromatic heterocycles. The van der Waals surface area contributed by atoms with Crippen molar-refractivity contribution >= 4 is 44.0 Å². The third-order valence-electron chi connectivity index (χ3n) is 8.14. The van der Waals surface area contributed by atoms with Crippen molar-refractivity contribution in [2.75, 3.05) is 36.1 Å². The largest absolute Gasteiger partial charge is 0.489 e. The fourth-order valence-corrected chi connectivity index (χ4v) is 6.91. The van der Waals surface area contributed by atoms with E-state index in [1.54, 1.807) is 12.3 Å². The zero-order chi connectivity index (χ0) is 30.6. The number of carbonyl (C=O) groups excluding carboxylic acids is 1. The monoisotopic (exact) mass is 622 g/mol. The van der Waals surface area contributed by atoms with Gasteiger partial charge in [0.2, 0.25) is 15.3 Å². The predicted molar refractivity (Wildman–Crippen MR) is 157 cm³/mol. The van der Waals surface area contributed by atoms with Crippen molar-refractivity contribution in [1.82, 2.24) is 20.3 Å². The van der Waals surface area contributed by atoms with Crippen molar-refractivity contribution in [2.24, 2.45) is 0 Å². The molecule has 1 aromatic carbocycles. The molecule has 0 unspecified atom stereocenters. The van der Waals surface area contributed by atoms with Gasteiger partial charge in [-0.3, -0.25) is 9.78 Å². The molecule has 0 aliphatic carbocycles. The number of halogens is 2. The summed E-state index contributed by atoms with van der Waals surface area (Å²) in [5, 5.41) is 3.41. The lowest BCUT2D eigenvalue weighted by molar-refractivity contribution is 0.0949. The minimum atomic E-state index is -4.52. The number of ether oxygens (including phenoxy) is 2. The van der Waals surface area contributed by atoms with Gasteiger partial charge in [0.1, 0.15) is 34.6 Å². The van der Waals surface area contributed by atoms with Gasteiger partial charge in [-0.1, -0.05) is 0 Å². The van der Waals surface area contributed by atoms with Gasteiger partial charge < -0.3 is 24.6 Å². The smallest absolute Gasteiger partial charge is 0.251 e. The van der Waals surface area contributed by atoms with Crippen LogP contribution in [0.15, 0.2) is 53.7 Å². The van der Waals surface area contributed by atoms with E-state index in [9.17, 15) is 22.0 Å². The third kappa shape index (κ3) is 4.92. The first kappa shape index (κ1) is 28.2. The van der Waals surface area contributed by atoms with Gasteiger partial charge in [0.15, 0.2) is 11.6 Å². The molecule has 1 N–H and O–H groups in total. The highest BCUT2D eigenvalue weighted by atomic mass is 32.2. The molecule has 1 fully saturated rings. The van der Waals surface area contributed by atoms with Crippen LogP contribution in [-0.2, 0) is 16.4 Å². The number of carbonyl (C=O) groups is 1. The van der Waals surface area contributed by atoms with Crippen LogP contribution in [0.4, 0.5) is 26.1 Å². The maximum absolute atomic E-state index is 14.7. The summed E-state index contributed by atoms with van der Waals surface area (Å²) in [7, 11) is -4.52. The van der Waals surface area contributed by atoms with Crippen molar-refractivity contribution in [3.05, 3.63) is 65.9 Å². The molecule has 1 saturated heterocycles. The van der Waals surface area contributed by atoms with Gasteiger partial charge in [-0.05, 0) is 43.7 Å². The van der Waals surface area contributed by atoms with E-state index in [1.807, 2.05) is 29.3 Å². The zero-order valence-electron chi connectivity index (χ0n) is 23.7. The predicted octanol–water partition coefficient (Wildman–Crippen LogP) is 4.07. The normalized spacial score (nSPS) is 20.4. The molecular formula is C30H28F2N6O5S. The first-order valence-electron chi connectivity index (χ1n) is 14.2. The molecule has 6 heterocycles. The lowest BCUT2D eigenvalue weighted by Gasteiger charge is -2.40. The number of anilines is 3. The number of aromatic nitrogens is 3. The minimum absolute atomic E-state index is 0.0453. The SMILES string of the molecule is C[C@@H]1CCN1c1cc2c(cn1)N(c1ccc3cnc(CNC(=O)c4cc(F)c5c(c4)S(=O)(=O)[C@@H](F)CCO5)cc3n1)CCO2. The Hall–Kier alpha value is -4.59. The highest BCUT2D eigenvalue weighted by molar-refractivity contribution is 7.92. The molecule has 2 atom stereocenters. The molecule has 11 nitrogen and oxygen atoms in total. The highest BCUT2D eigenvalue weighted by Crippen LogP contribution is 2.39. The van der Waals surface area contributed by atoms with E-state index in [4.69, 9.17) is 14.5 Å². The topological polar surface area (TPSA) is 127 Å². The summed E-state index contributed by atoms with van der Waals surface area (Å²) in [6.45, 7) is 3.87. The Bertz CT molecular complexity index is 1910. The Morgan fingerprint density at radius 3 is 2.70 bits per heavy atom. The van der Waals surface area contributed by atoms with Gasteiger partial charge in [-0.25, -0.2) is 27.2 Å². The van der Waals surface area contributed by atoms with Crippen molar-refractivity contribution in [3.8, 4) is 11.5 Å². The molecule has 228 valence electrons. The second kappa shape index (κ2) is 10.8. The van der Waals surface area contributed by atoms with Crippen LogP contribution in [0.1, 0.15) is 35.8 Å². The molecule has 14 heteroatoms. The second-order valence-corrected chi connectivity index (χ2v) is 13.0. The van der Waals surface area contributed by atoms with Gasteiger partial charge in [0.25, 0.3) is 5.91 Å². The summed E-state index contributed by atoms with van der Waals surface area (Å²) in [5.41, 5.74) is -0.601. The van der Waals surface area contributed by atoms with Crippen LogP contribution in [0.25, 0.3) is 10.9 Å². The van der Waals surface area contributed by atoms with Crippen LogP contribution < -0.4 is 24.6 Å². The van der Waals surface area contributed by atoms with Gasteiger partial charge in [-0.15, -0.1) is 0 Å². The quantitative estimate of drug-likeness (QED) is 0.348. The van der Waals surface area contributed by atoms with Gasteiger partial charge >= 0.3 is 0 Å². The van der Waals surface area contributed by atoms with Crippen molar-refractivity contribution in [1.29, 1.82) is 0 Å². The molecule has 3 aliphatic rings. The number of hydrogen-bond donors (Lipinski definition) is 1. The lowest BCUT2D eigenvalue weighted by Crippen LogP contribution is -2.46. The third-order valence-corrected chi connectivity index (χ3v) is 9.96. The summed E-state index contributed by atoms with van der Waals surface area (Å²) < 4.78 is 65.1. The van der Waals surface area contributed by atoms with Gasteiger partial charge in [0.05, 0.1) is 37.1 Å². The number of hydrogen-bond acceptors (Lipinski definition) is 10. The Labute approximate surface area is 251 Å². The molecule has 0 saturated carbocycles. The van der Waals surface area contributed by atoms with E-state index in [2.05, 4.69) is 27.1 Å². The van der Waals surface area contributed by atoms with Crippen molar-refractivity contribution < 1.29 is 31.5 Å². The highest BCUT2D eigenvalue weighted by Gasteiger charge is 2.36. The number of nitrogens with one attached hydrogen (secondary N) is 1. The van der Waals surface area contributed by atoms with Crippen LogP contribution in [0.3, 0.4) is 0 Å². The summed E-state index contributed by atoms with van der Waals surface area (Å²) in [4.78, 5) is 30.4. The summed E-state index contributed by atoms with van der Waals surface area (Å²) >= 11 is 0. The average Bonchev–Trinajstić information content (AvgIpc) is 3.13. The molecular weight excluding hydrogens is 594 g/mol. The number of fused-ring (bicyclic) bond motifs is 3. The Kier molecular flexibility index (Phi) is 6.95. The summed E-state index contributed by atoms with van der Waals surface area (Å²) in [6.07, 6.45) is 4.15. The number of benzene rings is 1.